The second-order valence-electron chi connectivity index (χ2n) is 9.30. The van der Waals surface area contributed by atoms with E-state index in [1.807, 2.05) is 36.1 Å². The van der Waals surface area contributed by atoms with Crippen LogP contribution in [0.4, 0.5) is 5.69 Å². The molecule has 0 saturated carbocycles. The predicted octanol–water partition coefficient (Wildman–Crippen LogP) is 6.96. The molecule has 3 N–H and O–H groups in total. The Balaban J connectivity index is 1.36. The molecule has 0 bridgehead atoms. The molecule has 0 atom stereocenters. The molecule has 0 fully saturated rings. The van der Waals surface area contributed by atoms with Gasteiger partial charge in [0.2, 0.25) is 0 Å². The van der Waals surface area contributed by atoms with Crippen LogP contribution >= 0.6 is 0 Å². The molecule has 0 unspecified atom stereocenters. The largest absolute Gasteiger partial charge is 0.385 e. The van der Waals surface area contributed by atoms with Crippen molar-refractivity contribution in [2.24, 2.45) is 0 Å². The van der Waals surface area contributed by atoms with Gasteiger partial charge in [0.25, 0.3) is 0 Å². The van der Waals surface area contributed by atoms with Gasteiger partial charge in [0, 0.05) is 25.8 Å². The van der Waals surface area contributed by atoms with E-state index >= 15 is 0 Å². The van der Waals surface area contributed by atoms with E-state index in [-0.39, 0.29) is 0 Å². The number of nitrogens with one attached hydrogen (secondary N) is 3. The van der Waals surface area contributed by atoms with Crippen LogP contribution in [0.1, 0.15) is 28.8 Å². The Morgan fingerprint density at radius 1 is 0.842 bits per heavy atom. The summed E-state index contributed by atoms with van der Waals surface area (Å²) in [4.78, 5) is 0. The van der Waals surface area contributed by atoms with E-state index in [4.69, 9.17) is 0 Å². The van der Waals surface area contributed by atoms with E-state index in [1.54, 1.807) is 0 Å². The zero-order valence-corrected chi connectivity index (χ0v) is 22.6. The molecule has 3 aromatic carbocycles. The zero-order valence-electron chi connectivity index (χ0n) is 22.6. The number of nitrogens with zero attached hydrogens (tertiary/aromatic N) is 2. The Bertz CT molecular complexity index is 1410. The van der Waals surface area contributed by atoms with Gasteiger partial charge >= 0.3 is 0 Å². The first-order valence-corrected chi connectivity index (χ1v) is 13.0. The lowest BCUT2D eigenvalue weighted by Crippen LogP contribution is -2.23. The highest BCUT2D eigenvalue weighted by Crippen LogP contribution is 2.23. The standard InChI is InChI=1S/C33H37N5/c1-24-12-9-10-15-31(24)25(2)22-33(38-27(4)32(34-5)23-37-38)36-21-11-20-35-26(3)28-16-18-30(19-17-28)29-13-7-6-8-14-29/h6-10,12-19,22-23,34-36H,2-3,11,20-21H2,1,4-5H3/b33-22-. The van der Waals surface area contributed by atoms with Crippen molar-refractivity contribution >= 4 is 22.8 Å². The maximum Gasteiger partial charge on any atom is 0.128 e. The van der Waals surface area contributed by atoms with Gasteiger partial charge in [-0.25, -0.2) is 4.68 Å². The monoisotopic (exact) mass is 503 g/mol. The van der Waals surface area contributed by atoms with Gasteiger partial charge in [-0.1, -0.05) is 92.0 Å². The minimum atomic E-state index is 0.772. The molecular formula is C33H37N5. The Labute approximate surface area is 226 Å². The van der Waals surface area contributed by atoms with Crippen LogP contribution in [0.2, 0.25) is 0 Å². The van der Waals surface area contributed by atoms with Crippen molar-refractivity contribution in [3.05, 3.63) is 127 Å². The predicted molar refractivity (Wildman–Crippen MR) is 163 cm³/mol. The van der Waals surface area contributed by atoms with Crippen LogP contribution < -0.4 is 16.0 Å². The summed E-state index contributed by atoms with van der Waals surface area (Å²) in [7, 11) is 1.91. The van der Waals surface area contributed by atoms with Crippen LogP contribution in [0.25, 0.3) is 28.2 Å². The molecule has 0 spiro atoms. The molecule has 5 heteroatoms. The van der Waals surface area contributed by atoms with Crippen molar-refractivity contribution in [2.75, 3.05) is 25.5 Å². The molecule has 194 valence electrons. The van der Waals surface area contributed by atoms with E-state index < -0.39 is 0 Å². The lowest BCUT2D eigenvalue weighted by molar-refractivity contribution is 0.692. The van der Waals surface area contributed by atoms with Crippen LogP contribution in [0.5, 0.6) is 0 Å². The smallest absolute Gasteiger partial charge is 0.128 e. The lowest BCUT2D eigenvalue weighted by atomic mass is 10.0. The number of rotatable bonds is 12. The van der Waals surface area contributed by atoms with Crippen LogP contribution in [-0.4, -0.2) is 29.9 Å². The molecule has 0 aliphatic heterocycles. The maximum absolute atomic E-state index is 4.60. The van der Waals surface area contributed by atoms with Gasteiger partial charge in [-0.2, -0.15) is 5.10 Å². The fraction of sp³-hybridized carbons (Fsp3) is 0.182. The van der Waals surface area contributed by atoms with Crippen LogP contribution in [-0.2, 0) is 0 Å². The van der Waals surface area contributed by atoms with E-state index in [1.165, 1.54) is 16.7 Å². The SMILES string of the molecule is C=C(NCCCN/C(=C/C(=C)c1ccccc1C)n1ncc(NC)c1C)c1ccc(-c2ccccc2)cc1. The molecular weight excluding hydrogens is 466 g/mol. The topological polar surface area (TPSA) is 53.9 Å². The summed E-state index contributed by atoms with van der Waals surface area (Å²) in [6.07, 6.45) is 4.83. The second-order valence-corrected chi connectivity index (χ2v) is 9.30. The number of hydrogen-bond acceptors (Lipinski definition) is 4. The number of aromatic nitrogens is 2. The second kappa shape index (κ2) is 12.6. The van der Waals surface area contributed by atoms with Crippen molar-refractivity contribution in [3.63, 3.8) is 0 Å². The lowest BCUT2D eigenvalue weighted by Gasteiger charge is -2.16. The summed E-state index contributed by atoms with van der Waals surface area (Å²) >= 11 is 0. The molecule has 5 nitrogen and oxygen atoms in total. The normalized spacial score (nSPS) is 11.2. The summed E-state index contributed by atoms with van der Waals surface area (Å²) in [6.45, 7) is 14.3. The quantitative estimate of drug-likeness (QED) is 0.144. The van der Waals surface area contributed by atoms with Crippen LogP contribution in [0.15, 0.2) is 104 Å². The Kier molecular flexibility index (Phi) is 8.83. The molecule has 1 heterocycles. The van der Waals surface area contributed by atoms with E-state index in [0.29, 0.717) is 0 Å². The zero-order chi connectivity index (χ0) is 26.9. The van der Waals surface area contributed by atoms with E-state index in [0.717, 1.165) is 59.1 Å². The third kappa shape index (κ3) is 6.43. The summed E-state index contributed by atoms with van der Waals surface area (Å²) in [5, 5.41) is 14.8. The highest BCUT2D eigenvalue weighted by molar-refractivity contribution is 5.79. The van der Waals surface area contributed by atoms with Gasteiger partial charge in [0.15, 0.2) is 0 Å². The van der Waals surface area contributed by atoms with Crippen molar-refractivity contribution in [2.45, 2.75) is 20.3 Å². The third-order valence-corrected chi connectivity index (χ3v) is 6.65. The van der Waals surface area contributed by atoms with Gasteiger partial charge in [0.1, 0.15) is 5.82 Å². The van der Waals surface area contributed by atoms with E-state index in [9.17, 15) is 0 Å². The maximum atomic E-state index is 4.60. The van der Waals surface area contributed by atoms with Gasteiger partial charge in [-0.3, -0.25) is 0 Å². The van der Waals surface area contributed by atoms with Crippen LogP contribution in [0, 0.1) is 13.8 Å². The Morgan fingerprint density at radius 2 is 1.50 bits per heavy atom. The summed E-state index contributed by atoms with van der Waals surface area (Å²) in [5.41, 5.74) is 9.73. The van der Waals surface area contributed by atoms with E-state index in [2.05, 4.69) is 115 Å². The van der Waals surface area contributed by atoms with Crippen LogP contribution in [0.3, 0.4) is 0 Å². The summed E-state index contributed by atoms with van der Waals surface area (Å²) < 4.78 is 1.93. The number of aryl methyl sites for hydroxylation is 1. The van der Waals surface area contributed by atoms with Crippen molar-refractivity contribution in [3.8, 4) is 11.1 Å². The minimum Gasteiger partial charge on any atom is -0.385 e. The fourth-order valence-corrected chi connectivity index (χ4v) is 4.40. The molecule has 4 rings (SSSR count). The van der Waals surface area contributed by atoms with Crippen molar-refractivity contribution < 1.29 is 0 Å². The highest BCUT2D eigenvalue weighted by Gasteiger charge is 2.11. The number of benzene rings is 3. The van der Waals surface area contributed by atoms with Gasteiger partial charge < -0.3 is 16.0 Å². The Hall–Kier alpha value is -4.51. The minimum absolute atomic E-state index is 0.772. The summed E-state index contributed by atoms with van der Waals surface area (Å²) in [6, 6.07) is 27.2. The first-order valence-electron chi connectivity index (χ1n) is 13.0. The molecule has 4 aromatic rings. The van der Waals surface area contributed by atoms with Gasteiger partial charge in [0.05, 0.1) is 17.6 Å². The average molecular weight is 504 g/mol. The van der Waals surface area contributed by atoms with Gasteiger partial charge in [-0.15, -0.1) is 0 Å². The Morgan fingerprint density at radius 3 is 2.18 bits per heavy atom. The first-order chi connectivity index (χ1) is 18.5. The molecule has 1 aromatic heterocycles. The number of anilines is 1. The average Bonchev–Trinajstić information content (AvgIpc) is 3.32. The molecule has 0 aliphatic carbocycles. The molecule has 0 saturated heterocycles. The first kappa shape index (κ1) is 26.6. The molecule has 38 heavy (non-hydrogen) atoms. The number of hydrogen-bond donors (Lipinski definition) is 3. The number of allylic oxidation sites excluding steroid dienone is 2. The fourth-order valence-electron chi connectivity index (χ4n) is 4.40. The highest BCUT2D eigenvalue weighted by atomic mass is 15.3. The van der Waals surface area contributed by atoms with Crippen molar-refractivity contribution in [1.82, 2.24) is 20.4 Å². The van der Waals surface area contributed by atoms with Gasteiger partial charge in [-0.05, 0) is 59.7 Å². The molecule has 0 amide bonds. The summed E-state index contributed by atoms with van der Waals surface area (Å²) in [5.74, 6) is 0.896. The third-order valence-electron chi connectivity index (χ3n) is 6.65. The van der Waals surface area contributed by atoms with Crippen molar-refractivity contribution in [1.29, 1.82) is 0 Å². The molecule has 0 radical (unpaired) electrons. The molecule has 0 aliphatic rings.